The lowest BCUT2D eigenvalue weighted by Gasteiger charge is -2.06. The monoisotopic (exact) mass is 420 g/mol. The molecule has 0 aliphatic carbocycles. The average Bonchev–Trinajstić information content (AvgIpc) is 2.72. The third-order valence-corrected chi connectivity index (χ3v) is 5.62. The van der Waals surface area contributed by atoms with Crippen molar-refractivity contribution in [1.29, 1.82) is 0 Å². The van der Waals surface area contributed by atoms with Gasteiger partial charge in [-0.2, -0.15) is 0 Å². The molecule has 0 radical (unpaired) electrons. The number of hydrogen-bond acceptors (Lipinski definition) is 3. The van der Waals surface area contributed by atoms with Gasteiger partial charge in [0.2, 0.25) is 5.91 Å². The van der Waals surface area contributed by atoms with Crippen molar-refractivity contribution < 1.29 is 14.0 Å². The Balaban J connectivity index is 2.27. The highest BCUT2D eigenvalue weighted by atomic mass is 79.9. The summed E-state index contributed by atoms with van der Waals surface area (Å²) in [5, 5.41) is 2.41. The van der Waals surface area contributed by atoms with Crippen LogP contribution in [0.25, 0.3) is 0 Å². The quantitative estimate of drug-likeness (QED) is 0.791. The zero-order valence-corrected chi connectivity index (χ0v) is 13.7. The van der Waals surface area contributed by atoms with Crippen LogP contribution >= 0.6 is 43.2 Å². The van der Waals surface area contributed by atoms with Crippen LogP contribution in [-0.2, 0) is 0 Å². The fourth-order valence-electron chi connectivity index (χ4n) is 1.42. The summed E-state index contributed by atoms with van der Waals surface area (Å²) in [7, 11) is 0. The van der Waals surface area contributed by atoms with Gasteiger partial charge >= 0.3 is 0 Å². The first kappa shape index (κ1) is 15.1. The van der Waals surface area contributed by atoms with Crippen molar-refractivity contribution in [2.45, 2.75) is 0 Å². The van der Waals surface area contributed by atoms with E-state index < -0.39 is 17.6 Å². The van der Waals surface area contributed by atoms with E-state index in [-0.39, 0.29) is 11.3 Å². The number of thiophene rings is 1. The van der Waals surface area contributed by atoms with Crippen molar-refractivity contribution in [2.24, 2.45) is 5.73 Å². The summed E-state index contributed by atoms with van der Waals surface area (Å²) in [4.78, 5) is 23.4. The number of carbonyl (C=O) groups excluding carboxylic acids is 2. The number of amides is 2. The molecule has 2 aromatic rings. The smallest absolute Gasteiger partial charge is 0.265 e. The molecule has 20 heavy (non-hydrogen) atoms. The second kappa shape index (κ2) is 6.02. The maximum atomic E-state index is 13.6. The van der Waals surface area contributed by atoms with E-state index in [9.17, 15) is 14.0 Å². The SMILES string of the molecule is NC(=O)c1ccc(F)c(NC(=O)c2cc(Br)c(Br)s2)c1. The highest BCUT2D eigenvalue weighted by Crippen LogP contribution is 2.32. The molecule has 3 N–H and O–H groups in total. The van der Waals surface area contributed by atoms with E-state index in [0.29, 0.717) is 4.88 Å². The summed E-state index contributed by atoms with van der Waals surface area (Å²) in [5.74, 6) is -1.80. The molecule has 0 atom stereocenters. The van der Waals surface area contributed by atoms with Gasteiger partial charge in [-0.3, -0.25) is 9.59 Å². The lowest BCUT2D eigenvalue weighted by molar-refractivity contribution is 0.0996. The van der Waals surface area contributed by atoms with E-state index in [1.54, 1.807) is 6.07 Å². The Morgan fingerprint density at radius 2 is 1.95 bits per heavy atom. The highest BCUT2D eigenvalue weighted by Gasteiger charge is 2.15. The molecular formula is C12H7Br2FN2O2S. The summed E-state index contributed by atoms with van der Waals surface area (Å²) < 4.78 is 15.1. The standard InChI is InChI=1S/C12H7Br2FN2O2S/c13-6-4-9(20-10(6)14)12(19)17-8-3-5(11(16)18)1-2-7(8)15/h1-4H,(H2,16,18)(H,17,19). The Hall–Kier alpha value is -1.25. The molecule has 1 heterocycles. The summed E-state index contributed by atoms with van der Waals surface area (Å²) in [6.45, 7) is 0. The van der Waals surface area contributed by atoms with Crippen molar-refractivity contribution in [1.82, 2.24) is 0 Å². The van der Waals surface area contributed by atoms with E-state index >= 15 is 0 Å². The van der Waals surface area contributed by atoms with Gasteiger partial charge in [0, 0.05) is 10.0 Å². The summed E-state index contributed by atoms with van der Waals surface area (Å²) in [6.07, 6.45) is 0. The topological polar surface area (TPSA) is 72.2 Å². The Morgan fingerprint density at radius 3 is 2.50 bits per heavy atom. The number of anilines is 1. The van der Waals surface area contributed by atoms with Crippen LogP contribution in [0.1, 0.15) is 20.0 Å². The van der Waals surface area contributed by atoms with Gasteiger partial charge in [-0.05, 0) is 56.1 Å². The van der Waals surface area contributed by atoms with E-state index in [2.05, 4.69) is 37.2 Å². The summed E-state index contributed by atoms with van der Waals surface area (Å²) >= 11 is 7.74. The van der Waals surface area contributed by atoms with Gasteiger partial charge in [0.15, 0.2) is 0 Å². The van der Waals surface area contributed by atoms with Gasteiger partial charge in [0.25, 0.3) is 5.91 Å². The van der Waals surface area contributed by atoms with E-state index in [1.165, 1.54) is 23.5 Å². The van der Waals surface area contributed by atoms with Gasteiger partial charge in [0.1, 0.15) is 5.82 Å². The van der Waals surface area contributed by atoms with Gasteiger partial charge in [-0.1, -0.05) is 0 Å². The number of benzene rings is 1. The van der Waals surface area contributed by atoms with E-state index in [1.807, 2.05) is 0 Å². The predicted octanol–water partition coefficient (Wildman–Crippen LogP) is 3.76. The third kappa shape index (κ3) is 3.25. The largest absolute Gasteiger partial charge is 0.366 e. The zero-order chi connectivity index (χ0) is 14.9. The highest BCUT2D eigenvalue weighted by molar-refractivity contribution is 9.13. The van der Waals surface area contributed by atoms with E-state index in [0.717, 1.165) is 14.3 Å². The summed E-state index contributed by atoms with van der Waals surface area (Å²) in [6, 6.07) is 5.15. The minimum atomic E-state index is -0.692. The Bertz CT molecular complexity index is 683. The Labute approximate surface area is 134 Å². The number of nitrogens with one attached hydrogen (secondary N) is 1. The van der Waals surface area contributed by atoms with Crippen LogP contribution < -0.4 is 11.1 Å². The van der Waals surface area contributed by atoms with Crippen molar-refractivity contribution in [3.63, 3.8) is 0 Å². The molecule has 1 aromatic heterocycles. The van der Waals surface area contributed by atoms with Crippen molar-refractivity contribution in [3.8, 4) is 0 Å². The first-order valence-corrected chi connectivity index (χ1v) is 7.64. The third-order valence-electron chi connectivity index (χ3n) is 2.37. The number of nitrogens with two attached hydrogens (primary N) is 1. The normalized spacial score (nSPS) is 10.3. The minimum Gasteiger partial charge on any atom is -0.366 e. The molecule has 2 amide bonds. The minimum absolute atomic E-state index is 0.0908. The molecule has 0 bridgehead atoms. The summed E-state index contributed by atoms with van der Waals surface area (Å²) in [5.41, 5.74) is 5.14. The van der Waals surface area contributed by atoms with E-state index in [4.69, 9.17) is 5.73 Å². The Morgan fingerprint density at radius 1 is 1.25 bits per heavy atom. The maximum Gasteiger partial charge on any atom is 0.265 e. The lowest BCUT2D eigenvalue weighted by Crippen LogP contribution is -2.14. The van der Waals surface area contributed by atoms with Gasteiger partial charge in [0.05, 0.1) is 14.4 Å². The molecule has 104 valence electrons. The van der Waals surface area contributed by atoms with Crippen LogP contribution in [0.5, 0.6) is 0 Å². The number of primary amides is 1. The molecule has 0 aliphatic rings. The molecule has 4 nitrogen and oxygen atoms in total. The number of carbonyl (C=O) groups is 2. The molecule has 0 aliphatic heterocycles. The number of halogens is 3. The molecule has 0 fully saturated rings. The maximum absolute atomic E-state index is 13.6. The van der Waals surface area contributed by atoms with Crippen LogP contribution in [0.15, 0.2) is 32.5 Å². The second-order valence-electron chi connectivity index (χ2n) is 3.75. The molecule has 8 heteroatoms. The zero-order valence-electron chi connectivity index (χ0n) is 9.75. The van der Waals surface area contributed by atoms with Crippen LogP contribution in [0.4, 0.5) is 10.1 Å². The molecular weight excluding hydrogens is 415 g/mol. The second-order valence-corrected chi connectivity index (χ2v) is 6.97. The van der Waals surface area contributed by atoms with Crippen LogP contribution in [0, 0.1) is 5.82 Å². The number of hydrogen-bond donors (Lipinski definition) is 2. The molecule has 1 aromatic carbocycles. The molecule has 0 saturated heterocycles. The molecule has 2 rings (SSSR count). The van der Waals surface area contributed by atoms with Crippen molar-refractivity contribution in [2.75, 3.05) is 5.32 Å². The molecule has 0 unspecified atom stereocenters. The van der Waals surface area contributed by atoms with Crippen LogP contribution in [0.2, 0.25) is 0 Å². The van der Waals surface area contributed by atoms with Gasteiger partial charge in [-0.25, -0.2) is 4.39 Å². The van der Waals surface area contributed by atoms with Crippen molar-refractivity contribution >= 4 is 60.7 Å². The number of rotatable bonds is 3. The first-order chi connectivity index (χ1) is 9.38. The predicted molar refractivity (Wildman–Crippen MR) is 82.6 cm³/mol. The fourth-order valence-corrected chi connectivity index (χ4v) is 3.35. The first-order valence-electron chi connectivity index (χ1n) is 5.24. The molecule has 0 saturated carbocycles. The van der Waals surface area contributed by atoms with Gasteiger partial charge in [-0.15, -0.1) is 11.3 Å². The van der Waals surface area contributed by atoms with Crippen LogP contribution in [0.3, 0.4) is 0 Å². The van der Waals surface area contributed by atoms with Crippen molar-refractivity contribution in [3.05, 3.63) is 48.8 Å². The Kier molecular flexibility index (Phi) is 4.56. The average molecular weight is 422 g/mol. The molecule has 0 spiro atoms. The van der Waals surface area contributed by atoms with Crippen LogP contribution in [-0.4, -0.2) is 11.8 Å². The van der Waals surface area contributed by atoms with Gasteiger partial charge < -0.3 is 11.1 Å². The fraction of sp³-hybridized carbons (Fsp3) is 0. The lowest BCUT2D eigenvalue weighted by atomic mass is 10.2.